The van der Waals surface area contributed by atoms with Crippen molar-refractivity contribution in [3.63, 3.8) is 0 Å². The van der Waals surface area contributed by atoms with E-state index >= 15 is 0 Å². The molecule has 1 aliphatic heterocycles. The van der Waals surface area contributed by atoms with Crippen molar-refractivity contribution < 1.29 is 19.4 Å². The fraction of sp³-hybridized carbons (Fsp3) is 0.261. The van der Waals surface area contributed by atoms with Gasteiger partial charge in [-0.05, 0) is 36.8 Å². The monoisotopic (exact) mass is 503 g/mol. The minimum Gasteiger partial charge on any atom is -0.506 e. The van der Waals surface area contributed by atoms with Crippen molar-refractivity contribution in [1.29, 1.82) is 0 Å². The Kier molecular flexibility index (Phi) is 7.56. The number of amides is 1. The fourth-order valence-electron chi connectivity index (χ4n) is 3.31. The van der Waals surface area contributed by atoms with Crippen molar-refractivity contribution in [1.82, 2.24) is 10.3 Å². The molecule has 0 radical (unpaired) electrons. The molecule has 0 unspecified atom stereocenters. The first-order chi connectivity index (χ1) is 15.9. The second kappa shape index (κ2) is 10.6. The molecule has 0 saturated carbocycles. The number of hydrazone groups is 1. The molecule has 172 valence electrons. The summed E-state index contributed by atoms with van der Waals surface area (Å²) in [6.07, 6.45) is 0. The van der Waals surface area contributed by atoms with Gasteiger partial charge in [-0.1, -0.05) is 23.7 Å². The van der Waals surface area contributed by atoms with Gasteiger partial charge < -0.3 is 9.84 Å². The van der Waals surface area contributed by atoms with E-state index in [9.17, 15) is 14.7 Å². The highest BCUT2D eigenvalue weighted by Crippen LogP contribution is 2.39. The molecule has 33 heavy (non-hydrogen) atoms. The number of aromatic hydroxyl groups is 1. The van der Waals surface area contributed by atoms with E-state index in [2.05, 4.69) is 10.5 Å². The third-order valence-corrected chi connectivity index (χ3v) is 7.56. The zero-order chi connectivity index (χ0) is 23.4. The molecule has 10 heteroatoms. The summed E-state index contributed by atoms with van der Waals surface area (Å²) >= 11 is 8.46. The van der Waals surface area contributed by atoms with Crippen LogP contribution in [-0.4, -0.2) is 60.3 Å². The van der Waals surface area contributed by atoms with E-state index < -0.39 is 5.91 Å². The Hall–Kier alpha value is -2.56. The highest BCUT2D eigenvalue weighted by atomic mass is 35.5. The molecule has 4 rings (SSSR count). The third kappa shape index (κ3) is 5.69. The van der Waals surface area contributed by atoms with E-state index in [0.717, 1.165) is 30.0 Å². The van der Waals surface area contributed by atoms with Crippen molar-refractivity contribution in [2.24, 2.45) is 5.10 Å². The lowest BCUT2D eigenvalue weighted by molar-refractivity contribution is 0.0372. The summed E-state index contributed by atoms with van der Waals surface area (Å²) in [5.41, 5.74) is 4.37. The summed E-state index contributed by atoms with van der Waals surface area (Å²) in [4.78, 5) is 28.7. The Morgan fingerprint density at radius 1 is 1.15 bits per heavy atom. The molecule has 1 fully saturated rings. The van der Waals surface area contributed by atoms with E-state index in [4.69, 9.17) is 16.3 Å². The molecule has 3 heterocycles. The zero-order valence-electron chi connectivity index (χ0n) is 17.8. The predicted molar refractivity (Wildman–Crippen MR) is 132 cm³/mol. The van der Waals surface area contributed by atoms with Crippen molar-refractivity contribution in [2.45, 2.75) is 6.92 Å². The van der Waals surface area contributed by atoms with Crippen LogP contribution < -0.4 is 5.43 Å². The van der Waals surface area contributed by atoms with Gasteiger partial charge in [0, 0.05) is 23.5 Å². The van der Waals surface area contributed by atoms with Crippen LogP contribution in [0.15, 0.2) is 46.9 Å². The first-order valence-electron chi connectivity index (χ1n) is 10.3. The summed E-state index contributed by atoms with van der Waals surface area (Å²) < 4.78 is 5.30. The van der Waals surface area contributed by atoms with Crippen molar-refractivity contribution in [2.75, 3.05) is 32.8 Å². The fourth-order valence-corrected chi connectivity index (χ4v) is 5.28. The number of morpholine rings is 1. The maximum Gasteiger partial charge on any atom is 0.281 e. The molecule has 0 aliphatic carbocycles. The number of halogens is 1. The van der Waals surface area contributed by atoms with E-state index in [-0.39, 0.29) is 11.5 Å². The topological polar surface area (TPSA) is 91.2 Å². The molecule has 1 amide bonds. The van der Waals surface area contributed by atoms with Gasteiger partial charge in [0.2, 0.25) is 0 Å². The number of benzene rings is 1. The van der Waals surface area contributed by atoms with Crippen LogP contribution in [0.1, 0.15) is 31.8 Å². The lowest BCUT2D eigenvalue weighted by Crippen LogP contribution is -2.39. The van der Waals surface area contributed by atoms with Gasteiger partial charge in [-0.2, -0.15) is 5.10 Å². The van der Waals surface area contributed by atoms with Gasteiger partial charge in [0.05, 0.1) is 45.7 Å². The number of Topliss-reactive ketones (excluding diaryl/α,β-unsaturated/α-hetero) is 1. The number of thiophene rings is 2. The van der Waals surface area contributed by atoms with Crippen molar-refractivity contribution >= 4 is 51.7 Å². The maximum absolute atomic E-state index is 12.5. The number of carbonyl (C=O) groups excluding carboxylic acids is 2. The molecule has 2 aromatic heterocycles. The summed E-state index contributed by atoms with van der Waals surface area (Å²) in [5.74, 6) is -0.319. The lowest BCUT2D eigenvalue weighted by Gasteiger charge is -2.25. The van der Waals surface area contributed by atoms with Crippen LogP contribution in [-0.2, 0) is 4.74 Å². The van der Waals surface area contributed by atoms with Gasteiger partial charge >= 0.3 is 0 Å². The molecular formula is C23H22ClN3O4S2. The SMILES string of the molecule is C/C(=N\NC(=O)c1ccc(C(=O)CN2CCOCC2)s1)c1csc(-c2ccc(Cl)cc2)c1O. The largest absolute Gasteiger partial charge is 0.506 e. The highest BCUT2D eigenvalue weighted by molar-refractivity contribution is 7.16. The zero-order valence-corrected chi connectivity index (χ0v) is 20.2. The van der Waals surface area contributed by atoms with E-state index in [1.54, 1.807) is 36.6 Å². The Balaban J connectivity index is 1.39. The summed E-state index contributed by atoms with van der Waals surface area (Å²) in [6, 6.07) is 10.5. The first kappa shape index (κ1) is 23.6. The van der Waals surface area contributed by atoms with Crippen LogP contribution in [0.2, 0.25) is 5.02 Å². The van der Waals surface area contributed by atoms with Gasteiger partial charge in [0.1, 0.15) is 5.75 Å². The molecular weight excluding hydrogens is 482 g/mol. The Morgan fingerprint density at radius 2 is 1.85 bits per heavy atom. The second-order valence-corrected chi connectivity index (χ2v) is 9.85. The van der Waals surface area contributed by atoms with Crippen LogP contribution in [0.3, 0.4) is 0 Å². The quantitative estimate of drug-likeness (QED) is 0.281. The number of nitrogens with one attached hydrogen (secondary N) is 1. The number of ketones is 1. The van der Waals surface area contributed by atoms with E-state index in [0.29, 0.717) is 50.7 Å². The highest BCUT2D eigenvalue weighted by Gasteiger charge is 2.19. The third-order valence-electron chi connectivity index (χ3n) is 5.16. The molecule has 3 aromatic rings. The number of carbonyl (C=O) groups is 2. The smallest absolute Gasteiger partial charge is 0.281 e. The van der Waals surface area contributed by atoms with E-state index in [1.807, 2.05) is 17.0 Å². The Labute approximate surface area is 204 Å². The Morgan fingerprint density at radius 3 is 2.58 bits per heavy atom. The average molecular weight is 504 g/mol. The van der Waals surface area contributed by atoms with Gasteiger partial charge in [-0.25, -0.2) is 5.43 Å². The number of ether oxygens (including phenoxy) is 1. The molecule has 0 spiro atoms. The first-order valence-corrected chi connectivity index (χ1v) is 12.3. The molecule has 1 aromatic carbocycles. The standard InChI is InChI=1S/C23H22ClN3O4S2/c1-14(17-13-32-22(21(17)29)15-2-4-16(24)5-3-15)25-26-23(30)20-7-6-19(33-20)18(28)12-27-8-10-31-11-9-27/h2-7,13,29H,8-12H2,1H3,(H,26,30)/b25-14+. The van der Waals surface area contributed by atoms with Crippen LogP contribution in [0.4, 0.5) is 0 Å². The van der Waals surface area contributed by atoms with Crippen LogP contribution >= 0.6 is 34.3 Å². The number of hydrogen-bond donors (Lipinski definition) is 2. The summed E-state index contributed by atoms with van der Waals surface area (Å²) in [7, 11) is 0. The minimum absolute atomic E-state index is 0.0152. The Bertz CT molecular complexity index is 1180. The molecule has 1 saturated heterocycles. The van der Waals surface area contributed by atoms with Gasteiger partial charge in [-0.3, -0.25) is 14.5 Å². The molecule has 2 N–H and O–H groups in total. The lowest BCUT2D eigenvalue weighted by atomic mass is 10.1. The second-order valence-electron chi connectivity index (χ2n) is 7.45. The van der Waals surface area contributed by atoms with Gasteiger partial charge in [-0.15, -0.1) is 22.7 Å². The summed E-state index contributed by atoms with van der Waals surface area (Å²) in [5, 5.41) is 17.2. The summed E-state index contributed by atoms with van der Waals surface area (Å²) in [6.45, 7) is 4.74. The van der Waals surface area contributed by atoms with Crippen LogP contribution in [0, 0.1) is 0 Å². The minimum atomic E-state index is -0.405. The molecule has 0 bridgehead atoms. The van der Waals surface area contributed by atoms with E-state index in [1.165, 1.54) is 11.3 Å². The van der Waals surface area contributed by atoms with Gasteiger partial charge in [0.25, 0.3) is 5.91 Å². The molecule has 0 atom stereocenters. The number of hydrogen-bond acceptors (Lipinski definition) is 8. The van der Waals surface area contributed by atoms with Crippen molar-refractivity contribution in [3.8, 4) is 16.2 Å². The predicted octanol–water partition coefficient (Wildman–Crippen LogP) is 4.50. The van der Waals surface area contributed by atoms with Crippen LogP contribution in [0.25, 0.3) is 10.4 Å². The van der Waals surface area contributed by atoms with Gasteiger partial charge in [0.15, 0.2) is 5.78 Å². The normalized spacial score (nSPS) is 14.9. The van der Waals surface area contributed by atoms with Crippen molar-refractivity contribution in [3.05, 3.63) is 62.1 Å². The number of nitrogens with zero attached hydrogens (tertiary/aromatic N) is 2. The van der Waals surface area contributed by atoms with Crippen LogP contribution in [0.5, 0.6) is 5.75 Å². The average Bonchev–Trinajstić information content (AvgIpc) is 3.46. The number of rotatable bonds is 7. The molecule has 7 nitrogen and oxygen atoms in total. The maximum atomic E-state index is 12.5. The molecule has 1 aliphatic rings.